The molecular weight excluding hydrogens is 438 g/mol. The average molecular weight is 466 g/mol. The second kappa shape index (κ2) is 10.1. The van der Waals surface area contributed by atoms with Crippen molar-refractivity contribution < 1.29 is 52.5 Å². The van der Waals surface area contributed by atoms with E-state index in [1.54, 1.807) is 11.4 Å². The molecule has 0 aromatic carbocycles. The molecule has 1 aliphatic rings. The van der Waals surface area contributed by atoms with Crippen LogP contribution in [0.1, 0.15) is 6.42 Å². The van der Waals surface area contributed by atoms with Gasteiger partial charge >= 0.3 is 137 Å². The van der Waals surface area contributed by atoms with E-state index < -0.39 is 77.8 Å². The summed E-state index contributed by atoms with van der Waals surface area (Å²) in [5.41, 5.74) is 3.17. The Morgan fingerprint density at radius 3 is 2.08 bits per heavy atom. The molecule has 0 aromatic heterocycles. The van der Waals surface area contributed by atoms with E-state index >= 15 is 0 Å². The van der Waals surface area contributed by atoms with Gasteiger partial charge in [-0.15, -0.1) is 0 Å². The van der Waals surface area contributed by atoms with Crippen molar-refractivity contribution in [3.05, 3.63) is 0 Å². The average Bonchev–Trinajstić information content (AvgIpc) is 2.77. The molecule has 1 aliphatic heterocycles. The molecule has 0 amide bonds. The molecule has 0 saturated carbocycles. The molecule has 6 N–H and O–H groups in total. The predicted molar refractivity (Wildman–Crippen MR) is 89.1 cm³/mol. The van der Waals surface area contributed by atoms with Crippen molar-refractivity contribution in [3.8, 4) is 0 Å². The molecule has 0 radical (unpaired) electrons. The summed E-state index contributed by atoms with van der Waals surface area (Å²) in [7, 11) is -4.54. The molecule has 3 unspecified atom stereocenters. The third kappa shape index (κ3) is 8.50. The number of rotatable bonds is 11. The van der Waals surface area contributed by atoms with Crippen LogP contribution in [0.5, 0.6) is 0 Å². The second-order valence-electron chi connectivity index (χ2n) is 6.74. The van der Waals surface area contributed by atoms with Gasteiger partial charge < -0.3 is 10.2 Å². The van der Waals surface area contributed by atoms with Crippen molar-refractivity contribution in [1.29, 1.82) is 0 Å². The topological polar surface area (TPSA) is 183 Å². The molecule has 1 saturated heterocycles. The van der Waals surface area contributed by atoms with Crippen LogP contribution in [0.3, 0.4) is 0 Å². The van der Waals surface area contributed by atoms with Gasteiger partial charge in [-0.25, -0.2) is 0 Å². The van der Waals surface area contributed by atoms with Crippen LogP contribution >= 0.6 is 7.82 Å². The summed E-state index contributed by atoms with van der Waals surface area (Å²) in [6.45, 7) is -1.92. The van der Waals surface area contributed by atoms with Gasteiger partial charge in [0.2, 0.25) is 0 Å². The zero-order chi connectivity index (χ0) is 20.1. The monoisotopic (exact) mass is 466 g/mol. The summed E-state index contributed by atoms with van der Waals surface area (Å²) in [6, 6.07) is 0. The van der Waals surface area contributed by atoms with E-state index in [0.717, 1.165) is 0 Å². The van der Waals surface area contributed by atoms with Crippen molar-refractivity contribution in [2.75, 3.05) is 19.8 Å². The molecule has 7 atom stereocenters. The number of hydrogen-bond donors (Lipinski definition) is 6. The molecule has 26 heavy (non-hydrogen) atoms. The van der Waals surface area contributed by atoms with Gasteiger partial charge in [-0.3, -0.25) is 0 Å². The summed E-state index contributed by atoms with van der Waals surface area (Å²) in [5.74, 6) is 0. The van der Waals surface area contributed by atoms with E-state index in [0.29, 0.717) is 0 Å². The summed E-state index contributed by atoms with van der Waals surface area (Å²) in [5, 5.41) is 47.6. The third-order valence-electron chi connectivity index (χ3n) is 3.66. The van der Waals surface area contributed by atoms with Gasteiger partial charge in [0.05, 0.1) is 6.61 Å². The number of aliphatic hydroxyl groups excluding tert-OH is 5. The molecule has 0 spiro atoms. The van der Waals surface area contributed by atoms with E-state index in [1.807, 2.05) is 0 Å². The fourth-order valence-electron chi connectivity index (χ4n) is 2.39. The Morgan fingerprint density at radius 2 is 1.58 bits per heavy atom. The normalized spacial score (nSPS) is 31.5. The van der Waals surface area contributed by atoms with Crippen molar-refractivity contribution in [3.63, 3.8) is 0 Å². The second-order valence-corrected chi connectivity index (χ2v) is 15.6. The van der Waals surface area contributed by atoms with Crippen LogP contribution in [0.15, 0.2) is 0 Å². The van der Waals surface area contributed by atoms with Crippen molar-refractivity contribution in [2.45, 2.75) is 59.7 Å². The van der Waals surface area contributed by atoms with Crippen LogP contribution in [0.4, 0.5) is 0 Å². The van der Waals surface area contributed by atoms with Gasteiger partial charge in [-0.05, 0) is 0 Å². The van der Waals surface area contributed by atoms with Gasteiger partial charge in [0.15, 0.2) is 0 Å². The van der Waals surface area contributed by atoms with Crippen molar-refractivity contribution >= 4 is 21.3 Å². The van der Waals surface area contributed by atoms with Gasteiger partial charge in [-0.2, -0.15) is 0 Å². The minimum absolute atomic E-state index is 0.131. The van der Waals surface area contributed by atoms with E-state index in [1.165, 1.54) is 0 Å². The summed E-state index contributed by atoms with van der Waals surface area (Å²) < 4.78 is 37.9. The standard InChI is InChI=1S/C13H28AsO11P/c1-14(2,20)4-11-13(19)12(18)10(25-11)3-8(16)6-23-26(21,22)24-7-9(17)5-15/h8-13,15-19H,3-7H2,1-2H3,(H,21,22)/t8?,9?,10-,11+,12-,13+/m0/s1. The first-order chi connectivity index (χ1) is 11.8. The first kappa shape index (κ1) is 24.3. The molecule has 1 rings (SSSR count). The molecular formula is C13H28AsO11P. The summed E-state index contributed by atoms with van der Waals surface area (Å²) >= 11 is -3.12. The summed E-state index contributed by atoms with van der Waals surface area (Å²) in [4.78, 5) is 9.39. The number of phosphoric acid groups is 1. The van der Waals surface area contributed by atoms with Crippen LogP contribution in [-0.2, 0) is 22.1 Å². The Labute approximate surface area is 153 Å². The summed E-state index contributed by atoms with van der Waals surface area (Å²) in [6.07, 6.45) is -7.16. The van der Waals surface area contributed by atoms with Crippen molar-refractivity contribution in [1.82, 2.24) is 0 Å². The Bertz CT molecular complexity index is 526. The van der Waals surface area contributed by atoms with Crippen LogP contribution in [-0.4, -0.2) is 100 Å². The van der Waals surface area contributed by atoms with Gasteiger partial charge in [0.25, 0.3) is 0 Å². The van der Waals surface area contributed by atoms with Crippen molar-refractivity contribution in [2.24, 2.45) is 0 Å². The molecule has 13 heteroatoms. The number of hydrogen-bond acceptors (Lipinski definition) is 10. The molecule has 0 aliphatic carbocycles. The maximum atomic E-state index is 11.9. The van der Waals surface area contributed by atoms with Crippen LogP contribution in [0, 0.1) is 0 Å². The zero-order valence-corrected chi connectivity index (χ0v) is 17.4. The molecule has 1 fully saturated rings. The van der Waals surface area contributed by atoms with Crippen LogP contribution in [0.25, 0.3) is 0 Å². The fourth-order valence-corrected chi connectivity index (χ4v) is 5.64. The van der Waals surface area contributed by atoms with Crippen LogP contribution in [0.2, 0.25) is 16.6 Å². The third-order valence-corrected chi connectivity index (χ3v) is 7.21. The maximum absolute atomic E-state index is 11.9. The van der Waals surface area contributed by atoms with Crippen LogP contribution < -0.4 is 0 Å². The first-order valence-corrected chi connectivity index (χ1v) is 15.3. The molecule has 1 heterocycles. The number of phosphoric ester groups is 1. The Kier molecular flexibility index (Phi) is 9.46. The predicted octanol–water partition coefficient (Wildman–Crippen LogP) is -1.65. The fraction of sp³-hybridized carbons (Fsp3) is 1.00. The Morgan fingerprint density at radius 1 is 1.08 bits per heavy atom. The Hall–Kier alpha value is 0.228. The van der Waals surface area contributed by atoms with E-state index in [9.17, 15) is 28.5 Å². The van der Waals surface area contributed by atoms with E-state index in [2.05, 4.69) is 9.05 Å². The molecule has 0 aromatic rings. The first-order valence-electron chi connectivity index (χ1n) is 7.99. The minimum atomic E-state index is -4.54. The number of aliphatic hydroxyl groups is 5. The van der Waals surface area contributed by atoms with Gasteiger partial charge in [-0.1, -0.05) is 0 Å². The quantitative estimate of drug-likeness (QED) is 0.152. The molecule has 156 valence electrons. The number of ether oxygens (including phenoxy) is 1. The molecule has 0 bridgehead atoms. The van der Waals surface area contributed by atoms with Gasteiger partial charge in [0, 0.05) is 0 Å². The molecule has 11 nitrogen and oxygen atoms in total. The SMILES string of the molecule is C[As](C)(=O)C[C@H]1O[C@@H](CC(O)COP(=O)(O)OCC(O)CO)[C@H](O)[C@@H]1O. The zero-order valence-electron chi connectivity index (χ0n) is 14.6. The van der Waals surface area contributed by atoms with E-state index in [-0.39, 0.29) is 11.6 Å². The van der Waals surface area contributed by atoms with Gasteiger partial charge in [0.1, 0.15) is 0 Å². The van der Waals surface area contributed by atoms with E-state index in [4.69, 9.17) is 14.9 Å². The Balaban J connectivity index is 2.46.